The molecule has 1 aromatic rings. The van der Waals surface area contributed by atoms with Crippen molar-refractivity contribution in [3.05, 3.63) is 29.6 Å². The van der Waals surface area contributed by atoms with E-state index in [1.54, 1.807) is 6.07 Å². The lowest BCUT2D eigenvalue weighted by atomic mass is 10.0. The van der Waals surface area contributed by atoms with Crippen LogP contribution >= 0.6 is 0 Å². The quantitative estimate of drug-likeness (QED) is 0.790. The van der Waals surface area contributed by atoms with E-state index in [1.165, 1.54) is 26.4 Å². The van der Waals surface area contributed by atoms with Crippen LogP contribution < -0.4 is 10.5 Å². The molecule has 0 spiro atoms. The average molecular weight is 227 g/mol. The Labute approximate surface area is 93.2 Å². The zero-order chi connectivity index (χ0) is 12.1. The molecule has 0 aromatic heterocycles. The molecule has 0 saturated heterocycles. The Bertz CT molecular complexity index is 381. The van der Waals surface area contributed by atoms with Gasteiger partial charge in [0.1, 0.15) is 0 Å². The van der Waals surface area contributed by atoms with Crippen molar-refractivity contribution in [2.45, 2.75) is 12.5 Å². The van der Waals surface area contributed by atoms with Gasteiger partial charge in [-0.2, -0.15) is 0 Å². The zero-order valence-electron chi connectivity index (χ0n) is 9.20. The SMILES string of the molecule is COC(=O)C[C@@H](N)c1cccc(OC)c1F. The third-order valence-corrected chi connectivity index (χ3v) is 2.23. The summed E-state index contributed by atoms with van der Waals surface area (Å²) in [5, 5.41) is 0. The number of carbonyl (C=O) groups is 1. The van der Waals surface area contributed by atoms with Crippen molar-refractivity contribution in [3.63, 3.8) is 0 Å². The lowest BCUT2D eigenvalue weighted by Gasteiger charge is -2.13. The van der Waals surface area contributed by atoms with Gasteiger partial charge in [-0.1, -0.05) is 12.1 Å². The van der Waals surface area contributed by atoms with Gasteiger partial charge in [-0.25, -0.2) is 4.39 Å². The number of hydrogen-bond donors (Lipinski definition) is 1. The highest BCUT2D eigenvalue weighted by molar-refractivity contribution is 5.70. The summed E-state index contributed by atoms with van der Waals surface area (Å²) in [6, 6.07) is 3.89. The van der Waals surface area contributed by atoms with Gasteiger partial charge in [0, 0.05) is 11.6 Å². The van der Waals surface area contributed by atoms with E-state index < -0.39 is 17.8 Å². The number of halogens is 1. The van der Waals surface area contributed by atoms with Crippen molar-refractivity contribution >= 4 is 5.97 Å². The first-order valence-corrected chi connectivity index (χ1v) is 4.75. The first-order chi connectivity index (χ1) is 7.60. The van der Waals surface area contributed by atoms with Gasteiger partial charge in [-0.15, -0.1) is 0 Å². The van der Waals surface area contributed by atoms with E-state index >= 15 is 0 Å². The first kappa shape index (κ1) is 12.4. The molecule has 0 amide bonds. The highest BCUT2D eigenvalue weighted by Crippen LogP contribution is 2.25. The number of ether oxygens (including phenoxy) is 2. The summed E-state index contributed by atoms with van der Waals surface area (Å²) >= 11 is 0. The van der Waals surface area contributed by atoms with Crippen molar-refractivity contribution in [1.29, 1.82) is 0 Å². The van der Waals surface area contributed by atoms with Gasteiger partial charge in [0.25, 0.3) is 0 Å². The summed E-state index contributed by atoms with van der Waals surface area (Å²) in [6.45, 7) is 0. The van der Waals surface area contributed by atoms with Gasteiger partial charge in [-0.05, 0) is 6.07 Å². The van der Waals surface area contributed by atoms with E-state index in [0.29, 0.717) is 0 Å². The maximum Gasteiger partial charge on any atom is 0.307 e. The highest BCUT2D eigenvalue weighted by Gasteiger charge is 2.18. The topological polar surface area (TPSA) is 61.5 Å². The van der Waals surface area contributed by atoms with Crippen molar-refractivity contribution in [3.8, 4) is 5.75 Å². The number of esters is 1. The number of benzene rings is 1. The van der Waals surface area contributed by atoms with E-state index in [-0.39, 0.29) is 17.7 Å². The van der Waals surface area contributed by atoms with Crippen molar-refractivity contribution in [2.75, 3.05) is 14.2 Å². The molecule has 0 bridgehead atoms. The van der Waals surface area contributed by atoms with Crippen LogP contribution in [0.5, 0.6) is 5.75 Å². The number of carbonyl (C=O) groups excluding carboxylic acids is 1. The van der Waals surface area contributed by atoms with Gasteiger partial charge in [0.15, 0.2) is 11.6 Å². The predicted molar refractivity (Wildman–Crippen MR) is 56.5 cm³/mol. The van der Waals surface area contributed by atoms with E-state index in [2.05, 4.69) is 4.74 Å². The van der Waals surface area contributed by atoms with Crippen LogP contribution in [-0.4, -0.2) is 20.2 Å². The Balaban J connectivity index is 2.91. The van der Waals surface area contributed by atoms with Crippen LogP contribution in [0, 0.1) is 5.82 Å². The molecule has 0 saturated carbocycles. The third-order valence-electron chi connectivity index (χ3n) is 2.23. The molecule has 0 aliphatic heterocycles. The summed E-state index contributed by atoms with van der Waals surface area (Å²) in [4.78, 5) is 11.0. The third kappa shape index (κ3) is 2.70. The molecule has 4 nitrogen and oxygen atoms in total. The molecule has 1 atom stereocenters. The van der Waals surface area contributed by atoms with Crippen LogP contribution in [0.2, 0.25) is 0 Å². The number of hydrogen-bond acceptors (Lipinski definition) is 4. The number of methoxy groups -OCH3 is 2. The Morgan fingerprint density at radius 2 is 2.19 bits per heavy atom. The average Bonchev–Trinajstić information content (AvgIpc) is 2.29. The first-order valence-electron chi connectivity index (χ1n) is 4.75. The predicted octanol–water partition coefficient (Wildman–Crippen LogP) is 1.40. The monoisotopic (exact) mass is 227 g/mol. The normalized spacial score (nSPS) is 12.0. The van der Waals surface area contributed by atoms with E-state index in [1.807, 2.05) is 0 Å². The Morgan fingerprint density at radius 3 is 2.75 bits per heavy atom. The number of nitrogens with two attached hydrogens (primary N) is 1. The Hall–Kier alpha value is -1.62. The molecule has 16 heavy (non-hydrogen) atoms. The summed E-state index contributed by atoms with van der Waals surface area (Å²) in [5.41, 5.74) is 5.94. The Morgan fingerprint density at radius 1 is 1.50 bits per heavy atom. The molecule has 1 rings (SSSR count). The van der Waals surface area contributed by atoms with E-state index in [9.17, 15) is 9.18 Å². The van der Waals surface area contributed by atoms with Gasteiger partial charge >= 0.3 is 5.97 Å². The standard InChI is InChI=1S/C11H14FNO3/c1-15-9-5-3-4-7(11(9)12)8(13)6-10(14)16-2/h3-5,8H,6,13H2,1-2H3/t8-/m1/s1. The van der Waals surface area contributed by atoms with Crippen LogP contribution in [0.15, 0.2) is 18.2 Å². The molecule has 0 heterocycles. The summed E-state index contributed by atoms with van der Waals surface area (Å²) in [6.07, 6.45) is -0.0689. The minimum atomic E-state index is -0.734. The maximum atomic E-state index is 13.7. The van der Waals surface area contributed by atoms with Crippen LogP contribution in [0.1, 0.15) is 18.0 Å². The summed E-state index contributed by atoms with van der Waals surface area (Å²) in [7, 11) is 2.63. The van der Waals surface area contributed by atoms with Gasteiger partial charge in [0.2, 0.25) is 0 Å². The molecule has 2 N–H and O–H groups in total. The maximum absolute atomic E-state index is 13.7. The van der Waals surface area contributed by atoms with Gasteiger partial charge in [0.05, 0.1) is 20.6 Å². The minimum Gasteiger partial charge on any atom is -0.494 e. The number of rotatable bonds is 4. The smallest absolute Gasteiger partial charge is 0.307 e. The van der Waals surface area contributed by atoms with Crippen LogP contribution in [0.4, 0.5) is 4.39 Å². The molecule has 0 fully saturated rings. The minimum absolute atomic E-state index is 0.0689. The fraction of sp³-hybridized carbons (Fsp3) is 0.364. The van der Waals surface area contributed by atoms with Crippen LogP contribution in [0.25, 0.3) is 0 Å². The fourth-order valence-electron chi connectivity index (χ4n) is 1.34. The fourth-order valence-corrected chi connectivity index (χ4v) is 1.34. The van der Waals surface area contributed by atoms with Gasteiger partial charge in [-0.3, -0.25) is 4.79 Å². The molecular formula is C11H14FNO3. The Kier molecular flexibility index (Phi) is 4.25. The second kappa shape index (κ2) is 5.46. The van der Waals surface area contributed by atoms with Crippen molar-refractivity contribution in [1.82, 2.24) is 0 Å². The summed E-state index contributed by atoms with van der Waals surface area (Å²) in [5.74, 6) is -0.908. The molecule has 0 aliphatic carbocycles. The second-order valence-corrected chi connectivity index (χ2v) is 3.25. The molecule has 0 unspecified atom stereocenters. The molecule has 1 aromatic carbocycles. The lowest BCUT2D eigenvalue weighted by molar-refractivity contribution is -0.141. The zero-order valence-corrected chi connectivity index (χ0v) is 9.20. The molecular weight excluding hydrogens is 213 g/mol. The summed E-state index contributed by atoms with van der Waals surface area (Å²) < 4.78 is 23.0. The molecule has 88 valence electrons. The van der Waals surface area contributed by atoms with Crippen molar-refractivity contribution < 1.29 is 18.7 Å². The second-order valence-electron chi connectivity index (χ2n) is 3.25. The molecule has 5 heteroatoms. The van der Waals surface area contributed by atoms with E-state index in [4.69, 9.17) is 10.5 Å². The van der Waals surface area contributed by atoms with Gasteiger partial charge < -0.3 is 15.2 Å². The van der Waals surface area contributed by atoms with Crippen LogP contribution in [-0.2, 0) is 9.53 Å². The largest absolute Gasteiger partial charge is 0.494 e. The highest BCUT2D eigenvalue weighted by atomic mass is 19.1. The molecule has 0 radical (unpaired) electrons. The van der Waals surface area contributed by atoms with E-state index in [0.717, 1.165) is 0 Å². The van der Waals surface area contributed by atoms with Crippen molar-refractivity contribution in [2.24, 2.45) is 5.73 Å². The molecule has 0 aliphatic rings. The lowest BCUT2D eigenvalue weighted by Crippen LogP contribution is -2.17. The van der Waals surface area contributed by atoms with Crippen LogP contribution in [0.3, 0.4) is 0 Å².